The maximum atomic E-state index is 15.8. The minimum atomic E-state index is -1.32. The Balaban J connectivity index is 1.30. The number of methoxy groups -OCH3 is 1. The van der Waals surface area contributed by atoms with Crippen LogP contribution in [-0.4, -0.2) is 47.4 Å². The predicted molar refractivity (Wildman–Crippen MR) is 163 cm³/mol. The number of fused-ring (bicyclic) bond motifs is 3. The van der Waals surface area contributed by atoms with Gasteiger partial charge in [0.1, 0.15) is 18.0 Å². The molecule has 0 spiro atoms. The molecule has 0 radical (unpaired) electrons. The molecule has 0 aliphatic carbocycles. The summed E-state index contributed by atoms with van der Waals surface area (Å²) in [6.45, 7) is 4.34. The van der Waals surface area contributed by atoms with Crippen LogP contribution in [0.2, 0.25) is 0 Å². The number of aromatic carboxylic acids is 1. The summed E-state index contributed by atoms with van der Waals surface area (Å²) in [5.74, 6) is -0.586. The van der Waals surface area contributed by atoms with E-state index in [1.807, 2.05) is 60.4 Å². The monoisotopic (exact) mass is 582 g/mol. The number of carboxylic acids is 1. The Morgan fingerprint density at radius 2 is 1.95 bits per heavy atom. The Kier molecular flexibility index (Phi) is 7.69. The standard InChI is InChI=1S/C33H31FN4O5/c1-3-37-17-23(33(40)41)32(39)31-22-14-24(34)27(15-25(22)36-16-28(31)37)38-12-11-35-26(18-38)21-9-10-29(30(13-21)42-2)43-19-20-7-5-4-6-8-20/h4-10,13-17,26,35H,3,11-12,18-19H2,1-2H3,(H,40,41). The maximum absolute atomic E-state index is 15.8. The molecule has 3 heterocycles. The van der Waals surface area contributed by atoms with Crippen molar-refractivity contribution in [1.29, 1.82) is 0 Å². The van der Waals surface area contributed by atoms with Crippen molar-refractivity contribution >= 4 is 33.5 Å². The van der Waals surface area contributed by atoms with Crippen molar-refractivity contribution in [3.05, 3.63) is 106 Å². The average Bonchev–Trinajstić information content (AvgIpc) is 3.03. The maximum Gasteiger partial charge on any atom is 0.341 e. The lowest BCUT2D eigenvalue weighted by molar-refractivity contribution is 0.0695. The Hall–Kier alpha value is -4.96. The topological polar surface area (TPSA) is 106 Å². The van der Waals surface area contributed by atoms with Crippen LogP contribution in [0.15, 0.2) is 77.9 Å². The molecule has 1 unspecified atom stereocenters. The van der Waals surface area contributed by atoms with Crippen molar-refractivity contribution in [3.63, 3.8) is 0 Å². The highest BCUT2D eigenvalue weighted by Crippen LogP contribution is 2.34. The van der Waals surface area contributed by atoms with Gasteiger partial charge in [0.05, 0.1) is 35.4 Å². The number of pyridine rings is 2. The van der Waals surface area contributed by atoms with Crippen LogP contribution in [0.5, 0.6) is 11.5 Å². The molecule has 2 aromatic heterocycles. The van der Waals surface area contributed by atoms with E-state index in [1.54, 1.807) is 23.9 Å². The first-order valence-electron chi connectivity index (χ1n) is 14.1. The van der Waals surface area contributed by atoms with Gasteiger partial charge in [-0.05, 0) is 42.3 Å². The molecular weight excluding hydrogens is 551 g/mol. The number of nitrogens with one attached hydrogen (secondary N) is 1. The number of carbonyl (C=O) groups is 1. The normalized spacial score (nSPS) is 15.1. The summed E-state index contributed by atoms with van der Waals surface area (Å²) in [6.07, 6.45) is 2.85. The van der Waals surface area contributed by atoms with Crippen LogP contribution in [-0.2, 0) is 13.2 Å². The van der Waals surface area contributed by atoms with Gasteiger partial charge in [-0.3, -0.25) is 9.78 Å². The van der Waals surface area contributed by atoms with Crippen LogP contribution >= 0.6 is 0 Å². The smallest absolute Gasteiger partial charge is 0.341 e. The highest BCUT2D eigenvalue weighted by molar-refractivity contribution is 6.07. The summed E-state index contributed by atoms with van der Waals surface area (Å²) in [4.78, 5) is 31.4. The molecule has 43 heavy (non-hydrogen) atoms. The molecule has 1 atom stereocenters. The number of carboxylic acid groups (broad SMARTS) is 1. The summed E-state index contributed by atoms with van der Waals surface area (Å²) >= 11 is 0. The van der Waals surface area contributed by atoms with Gasteiger partial charge < -0.3 is 29.4 Å². The Morgan fingerprint density at radius 1 is 1.14 bits per heavy atom. The second kappa shape index (κ2) is 11.7. The molecule has 1 aliphatic rings. The lowest BCUT2D eigenvalue weighted by Crippen LogP contribution is -2.46. The van der Waals surface area contributed by atoms with E-state index in [4.69, 9.17) is 9.47 Å². The number of aromatic nitrogens is 2. The summed E-state index contributed by atoms with van der Waals surface area (Å²) in [5.41, 5.74) is 2.26. The van der Waals surface area contributed by atoms with E-state index in [9.17, 15) is 14.7 Å². The van der Waals surface area contributed by atoms with Crippen LogP contribution in [0.25, 0.3) is 21.8 Å². The van der Waals surface area contributed by atoms with E-state index in [1.165, 1.54) is 12.3 Å². The van der Waals surface area contributed by atoms with Crippen LogP contribution in [0, 0.1) is 5.82 Å². The van der Waals surface area contributed by atoms with Gasteiger partial charge in [-0.2, -0.15) is 0 Å². The van der Waals surface area contributed by atoms with Gasteiger partial charge in [0, 0.05) is 43.8 Å². The molecule has 0 saturated carbocycles. The van der Waals surface area contributed by atoms with E-state index < -0.39 is 17.2 Å². The number of hydrogen-bond acceptors (Lipinski definition) is 7. The molecule has 0 bridgehead atoms. The fourth-order valence-corrected chi connectivity index (χ4v) is 5.67. The van der Waals surface area contributed by atoms with Crippen molar-refractivity contribution in [2.24, 2.45) is 0 Å². The highest BCUT2D eigenvalue weighted by Gasteiger charge is 2.25. The van der Waals surface area contributed by atoms with E-state index in [0.29, 0.717) is 61.0 Å². The zero-order chi connectivity index (χ0) is 30.1. The summed E-state index contributed by atoms with van der Waals surface area (Å²) < 4.78 is 29.1. The largest absolute Gasteiger partial charge is 0.493 e. The van der Waals surface area contributed by atoms with Crippen molar-refractivity contribution in [2.45, 2.75) is 26.1 Å². The van der Waals surface area contributed by atoms with Crippen LogP contribution in [0.1, 0.15) is 34.5 Å². The zero-order valence-corrected chi connectivity index (χ0v) is 23.8. The Morgan fingerprint density at radius 3 is 2.70 bits per heavy atom. The second-order valence-electron chi connectivity index (χ2n) is 10.4. The van der Waals surface area contributed by atoms with Crippen molar-refractivity contribution in [1.82, 2.24) is 14.9 Å². The molecule has 9 nitrogen and oxygen atoms in total. The molecule has 0 amide bonds. The number of hydrogen-bond donors (Lipinski definition) is 2. The van der Waals surface area contributed by atoms with Gasteiger partial charge in [0.25, 0.3) is 0 Å². The lowest BCUT2D eigenvalue weighted by Gasteiger charge is -2.36. The number of rotatable bonds is 8. The quantitative estimate of drug-likeness (QED) is 0.242. The third-order valence-electron chi connectivity index (χ3n) is 7.90. The van der Waals surface area contributed by atoms with Gasteiger partial charge in [0.15, 0.2) is 11.5 Å². The van der Waals surface area contributed by atoms with Crippen LogP contribution in [0.3, 0.4) is 0 Å². The van der Waals surface area contributed by atoms with Gasteiger partial charge in [-0.15, -0.1) is 0 Å². The van der Waals surface area contributed by atoms with Crippen molar-refractivity contribution in [2.75, 3.05) is 31.6 Å². The number of ether oxygens (including phenoxy) is 2. The molecule has 1 fully saturated rings. The number of aryl methyl sites for hydroxylation is 1. The number of nitrogens with zero attached hydrogens (tertiary/aromatic N) is 3. The third kappa shape index (κ3) is 5.37. The lowest BCUT2D eigenvalue weighted by atomic mass is 10.0. The van der Waals surface area contributed by atoms with Crippen LogP contribution < -0.4 is 25.1 Å². The molecule has 3 aromatic carbocycles. The molecule has 5 aromatic rings. The molecule has 220 valence electrons. The fourth-order valence-electron chi connectivity index (χ4n) is 5.67. The molecule has 6 rings (SSSR count). The van der Waals surface area contributed by atoms with Gasteiger partial charge in [-0.25, -0.2) is 9.18 Å². The summed E-state index contributed by atoms with van der Waals surface area (Å²) in [5, 5.41) is 13.5. The molecule has 1 aliphatic heterocycles. The van der Waals surface area contributed by atoms with E-state index in [0.717, 1.165) is 11.1 Å². The minimum Gasteiger partial charge on any atom is -0.493 e. The predicted octanol–water partition coefficient (Wildman–Crippen LogP) is 5.15. The third-order valence-corrected chi connectivity index (χ3v) is 7.90. The fraction of sp³-hybridized carbons (Fsp3) is 0.242. The molecule has 1 saturated heterocycles. The Labute approximate surface area is 247 Å². The average molecular weight is 583 g/mol. The first-order valence-corrected chi connectivity index (χ1v) is 14.1. The number of benzene rings is 3. The summed E-state index contributed by atoms with van der Waals surface area (Å²) in [6, 6.07) is 18.5. The van der Waals surface area contributed by atoms with E-state index >= 15 is 4.39 Å². The van der Waals surface area contributed by atoms with Crippen molar-refractivity contribution < 1.29 is 23.8 Å². The van der Waals surface area contributed by atoms with E-state index in [-0.39, 0.29) is 22.4 Å². The molecule has 2 N–H and O–H groups in total. The number of anilines is 1. The second-order valence-corrected chi connectivity index (χ2v) is 10.4. The van der Waals surface area contributed by atoms with E-state index in [2.05, 4.69) is 10.3 Å². The van der Waals surface area contributed by atoms with Gasteiger partial charge >= 0.3 is 5.97 Å². The minimum absolute atomic E-state index is 0.111. The van der Waals surface area contributed by atoms with Gasteiger partial charge in [0.2, 0.25) is 5.43 Å². The highest BCUT2D eigenvalue weighted by atomic mass is 19.1. The van der Waals surface area contributed by atoms with Crippen molar-refractivity contribution in [3.8, 4) is 11.5 Å². The van der Waals surface area contributed by atoms with Crippen LogP contribution in [0.4, 0.5) is 10.1 Å². The first kappa shape index (κ1) is 28.2. The SMILES string of the molecule is CCn1cc(C(=O)O)c(=O)c2c3cc(F)c(N4CCNC(c5ccc(OCc6ccccc6)c(OC)c5)C4)cc3ncc21. The molecule has 10 heteroatoms. The van der Waals surface area contributed by atoms with Gasteiger partial charge in [-0.1, -0.05) is 36.4 Å². The Bertz CT molecular complexity index is 1890. The molecular formula is C33H31FN4O5. The zero-order valence-electron chi connectivity index (χ0n) is 23.8. The summed E-state index contributed by atoms with van der Waals surface area (Å²) in [7, 11) is 1.60. The number of piperazine rings is 1. The number of halogens is 1. The first-order chi connectivity index (χ1) is 20.9.